The Morgan fingerprint density at radius 2 is 0.662 bits per heavy atom. The number of phosphoric acid groups is 1. The number of ether oxygens (including phenoxy) is 3. The molecule has 0 saturated carbocycles. The van der Waals surface area contributed by atoms with Crippen molar-refractivity contribution in [3.05, 3.63) is 48.6 Å². The zero-order valence-electron chi connectivity index (χ0n) is 47.8. The topological polar surface area (TPSA) is 155 Å². The van der Waals surface area contributed by atoms with Crippen LogP contribution < -0.4 is 0 Å². The van der Waals surface area contributed by atoms with E-state index in [2.05, 4.69) is 69.4 Å². The summed E-state index contributed by atoms with van der Waals surface area (Å²) < 4.78 is 39.5. The highest BCUT2D eigenvalue weighted by molar-refractivity contribution is 7.47. The van der Waals surface area contributed by atoms with Crippen LogP contribution in [-0.4, -0.2) is 66.5 Å². The predicted octanol–water partition coefficient (Wildman–Crippen LogP) is 18.1. The summed E-state index contributed by atoms with van der Waals surface area (Å²) in [5.41, 5.74) is 0. The Balaban J connectivity index is 4.68. The van der Waals surface area contributed by atoms with E-state index in [9.17, 15) is 28.9 Å². The maximum absolute atomic E-state index is 12.9. The molecule has 0 aliphatic heterocycles. The second-order valence-corrected chi connectivity index (χ2v) is 22.0. The summed E-state index contributed by atoms with van der Waals surface area (Å²) in [5, 5.41) is 9.79. The van der Waals surface area contributed by atoms with E-state index in [4.69, 9.17) is 23.3 Å². The first kappa shape index (κ1) is 71.4. The van der Waals surface area contributed by atoms with Gasteiger partial charge in [-0.05, 0) is 83.5 Å². The van der Waals surface area contributed by atoms with Crippen LogP contribution in [0.4, 0.5) is 0 Å². The van der Waals surface area contributed by atoms with Crippen molar-refractivity contribution in [3.8, 4) is 0 Å². The fourth-order valence-corrected chi connectivity index (χ4v) is 9.32. The molecular weight excluding hydrogens is 952 g/mol. The number of allylic oxidation sites excluding steroid dienone is 8. The maximum Gasteiger partial charge on any atom is 0.472 e. The molecule has 0 rings (SSSR count). The first-order valence-electron chi connectivity index (χ1n) is 30.5. The van der Waals surface area contributed by atoms with Crippen LogP contribution in [-0.2, 0) is 42.2 Å². The number of esters is 3. The second kappa shape index (κ2) is 56.6. The molecule has 3 unspecified atom stereocenters. The van der Waals surface area contributed by atoms with Gasteiger partial charge in [-0.15, -0.1) is 0 Å². The van der Waals surface area contributed by atoms with Gasteiger partial charge >= 0.3 is 25.7 Å². The summed E-state index contributed by atoms with van der Waals surface area (Å²) in [5.74, 6) is -1.46. The average Bonchev–Trinajstić information content (AvgIpc) is 3.39. The molecule has 0 amide bonds. The third-order valence-corrected chi connectivity index (χ3v) is 14.2. The van der Waals surface area contributed by atoms with Crippen LogP contribution in [0.1, 0.15) is 290 Å². The molecule has 0 aliphatic carbocycles. The van der Waals surface area contributed by atoms with Gasteiger partial charge in [-0.3, -0.25) is 23.4 Å². The highest BCUT2D eigenvalue weighted by atomic mass is 31.2. The van der Waals surface area contributed by atoms with Gasteiger partial charge in [0.15, 0.2) is 6.10 Å². The van der Waals surface area contributed by atoms with Crippen molar-refractivity contribution in [3.63, 3.8) is 0 Å². The molecule has 0 heterocycles. The van der Waals surface area contributed by atoms with Crippen molar-refractivity contribution in [2.75, 3.05) is 26.4 Å². The number of hydrogen-bond donors (Lipinski definition) is 2. The van der Waals surface area contributed by atoms with E-state index in [0.717, 1.165) is 83.5 Å². The summed E-state index contributed by atoms with van der Waals surface area (Å²) in [4.78, 5) is 48.5. The molecule has 0 fully saturated rings. The van der Waals surface area contributed by atoms with Crippen LogP contribution in [0.5, 0.6) is 0 Å². The fraction of sp³-hybridized carbons (Fsp3) is 0.823. The molecule has 74 heavy (non-hydrogen) atoms. The lowest BCUT2D eigenvalue weighted by Gasteiger charge is -2.21. The van der Waals surface area contributed by atoms with Crippen molar-refractivity contribution < 1.29 is 52.2 Å². The molecule has 0 aromatic heterocycles. The number of carbonyl (C=O) groups is 3. The van der Waals surface area contributed by atoms with E-state index in [1.807, 2.05) is 0 Å². The molecule has 0 aromatic rings. The number of hydrogen-bond acceptors (Lipinski definition) is 10. The predicted molar refractivity (Wildman–Crippen MR) is 307 cm³/mol. The molecule has 0 aliphatic rings. The average molecular weight is 1070 g/mol. The third kappa shape index (κ3) is 54.2. The van der Waals surface area contributed by atoms with Gasteiger partial charge in [-0.25, -0.2) is 4.57 Å². The first-order valence-corrected chi connectivity index (χ1v) is 32.0. The van der Waals surface area contributed by atoms with Crippen LogP contribution >= 0.6 is 7.82 Å². The highest BCUT2D eigenvalue weighted by Gasteiger charge is 2.28. The summed E-state index contributed by atoms with van der Waals surface area (Å²) in [7, 11) is -4.74. The lowest BCUT2D eigenvalue weighted by molar-refractivity contribution is -0.161. The summed E-state index contributed by atoms with van der Waals surface area (Å²) in [6, 6.07) is 0. The SMILES string of the molecule is CCCCC/C=C\C/C=C\CCCCCCCCCCCC(=O)OCC(COP(=O)(O)OCC(CO)OC(=O)CCCCCCCCCCC)OC(=O)CCCCCCCCCCC/C=C\C/C=C\CCCCC. The molecule has 3 atom stereocenters. The van der Waals surface area contributed by atoms with E-state index < -0.39 is 57.8 Å². The van der Waals surface area contributed by atoms with Gasteiger partial charge in [0.05, 0.1) is 19.8 Å². The molecule has 0 spiro atoms. The minimum atomic E-state index is -4.74. The lowest BCUT2D eigenvalue weighted by Crippen LogP contribution is -2.30. The number of carbonyl (C=O) groups excluding carboxylic acids is 3. The van der Waals surface area contributed by atoms with Crippen molar-refractivity contribution >= 4 is 25.7 Å². The van der Waals surface area contributed by atoms with Gasteiger partial charge in [-0.1, -0.05) is 236 Å². The minimum Gasteiger partial charge on any atom is -0.462 e. The summed E-state index contributed by atoms with van der Waals surface area (Å²) >= 11 is 0. The molecule has 12 heteroatoms. The van der Waals surface area contributed by atoms with Crippen LogP contribution in [0.15, 0.2) is 48.6 Å². The summed E-state index contributed by atoms with van der Waals surface area (Å²) in [6.45, 7) is 4.60. The zero-order chi connectivity index (χ0) is 54.1. The first-order chi connectivity index (χ1) is 36.2. The Bertz CT molecular complexity index is 1430. The lowest BCUT2D eigenvalue weighted by atomic mass is 10.1. The number of aliphatic hydroxyl groups is 1. The van der Waals surface area contributed by atoms with Crippen molar-refractivity contribution in [2.45, 2.75) is 303 Å². The number of aliphatic hydroxyl groups excluding tert-OH is 1. The normalized spacial score (nSPS) is 13.6. The Hall–Kier alpha value is -2.56. The fourth-order valence-electron chi connectivity index (χ4n) is 8.54. The molecule has 0 aromatic carbocycles. The molecule has 11 nitrogen and oxygen atoms in total. The summed E-state index contributed by atoms with van der Waals surface area (Å²) in [6.07, 6.45) is 60.7. The standard InChI is InChI=1S/C62H113O11P/c1-4-7-10-13-16-19-21-23-25-27-29-31-33-35-37-40-42-45-48-51-60(64)69-55-59(57-71-74(67,68)70-56-58(54-63)72-61(65)52-49-46-43-39-18-15-12-9-6-3)73-62(66)53-50-47-44-41-38-36-34-32-30-28-26-24-22-20-17-14-11-8-5-2/h16-17,19-20,23-26,58-59,63H,4-15,18,21-22,27-57H2,1-3H3,(H,67,68)/b19-16-,20-17-,25-23-,26-24-. The van der Waals surface area contributed by atoms with E-state index in [1.165, 1.54) is 148 Å². The molecule has 2 N–H and O–H groups in total. The molecular formula is C62H113O11P. The number of unbranched alkanes of at least 4 members (excludes halogenated alkanes) is 32. The Morgan fingerprint density at radius 3 is 1.03 bits per heavy atom. The zero-order valence-corrected chi connectivity index (χ0v) is 48.7. The third-order valence-electron chi connectivity index (χ3n) is 13.2. The smallest absolute Gasteiger partial charge is 0.462 e. The van der Waals surface area contributed by atoms with Crippen molar-refractivity contribution in [1.82, 2.24) is 0 Å². The molecule has 0 radical (unpaired) electrons. The van der Waals surface area contributed by atoms with Gasteiger partial charge in [0.25, 0.3) is 0 Å². The Morgan fingerprint density at radius 1 is 0.378 bits per heavy atom. The van der Waals surface area contributed by atoms with Gasteiger partial charge in [-0.2, -0.15) is 0 Å². The number of rotatable bonds is 57. The van der Waals surface area contributed by atoms with Crippen LogP contribution in [0.25, 0.3) is 0 Å². The highest BCUT2D eigenvalue weighted by Crippen LogP contribution is 2.43. The molecule has 432 valence electrons. The maximum atomic E-state index is 12.9. The second-order valence-electron chi connectivity index (χ2n) is 20.5. The van der Waals surface area contributed by atoms with Crippen molar-refractivity contribution in [1.29, 1.82) is 0 Å². The molecule has 0 bridgehead atoms. The Kier molecular flexibility index (Phi) is 54.7. The van der Waals surface area contributed by atoms with Crippen LogP contribution in [0.3, 0.4) is 0 Å². The van der Waals surface area contributed by atoms with Crippen LogP contribution in [0, 0.1) is 0 Å². The van der Waals surface area contributed by atoms with Gasteiger partial charge in [0, 0.05) is 19.3 Å². The quantitative estimate of drug-likeness (QED) is 0.0197. The van der Waals surface area contributed by atoms with Gasteiger partial charge in [0.1, 0.15) is 12.7 Å². The van der Waals surface area contributed by atoms with Crippen molar-refractivity contribution in [2.24, 2.45) is 0 Å². The minimum absolute atomic E-state index is 0.164. The van der Waals surface area contributed by atoms with E-state index in [1.54, 1.807) is 0 Å². The van der Waals surface area contributed by atoms with Gasteiger partial charge in [0.2, 0.25) is 0 Å². The number of phosphoric ester groups is 1. The monoisotopic (exact) mass is 1060 g/mol. The van der Waals surface area contributed by atoms with E-state index >= 15 is 0 Å². The molecule has 0 saturated heterocycles. The van der Waals surface area contributed by atoms with E-state index in [0.29, 0.717) is 19.3 Å². The Labute approximate surface area is 453 Å². The largest absolute Gasteiger partial charge is 0.472 e. The van der Waals surface area contributed by atoms with Crippen LogP contribution in [0.2, 0.25) is 0 Å². The van der Waals surface area contributed by atoms with Gasteiger partial charge < -0.3 is 24.2 Å². The van der Waals surface area contributed by atoms with E-state index in [-0.39, 0.29) is 25.9 Å².